The number of piperidine rings is 1. The van der Waals surface area contributed by atoms with E-state index in [1.807, 2.05) is 12.1 Å². The Hall–Kier alpha value is -1.55. The molecule has 104 valence electrons. The third kappa shape index (κ3) is 2.89. The number of aliphatic hydroxyl groups is 1. The molecule has 0 bridgehead atoms. The topological polar surface area (TPSA) is 49.8 Å². The number of methoxy groups -OCH3 is 1. The molecular formula is C15H21NO3. The van der Waals surface area contributed by atoms with E-state index in [1.54, 1.807) is 31.1 Å². The molecule has 1 amide bonds. The molecule has 2 unspecified atom stereocenters. The van der Waals surface area contributed by atoms with Crippen LogP contribution < -0.4 is 4.74 Å². The van der Waals surface area contributed by atoms with Gasteiger partial charge in [-0.1, -0.05) is 12.1 Å². The summed E-state index contributed by atoms with van der Waals surface area (Å²) in [5.41, 5.74) is 0.567. The van der Waals surface area contributed by atoms with Crippen molar-refractivity contribution in [1.29, 1.82) is 0 Å². The van der Waals surface area contributed by atoms with Crippen molar-refractivity contribution in [2.45, 2.75) is 38.3 Å². The summed E-state index contributed by atoms with van der Waals surface area (Å²) in [6.07, 6.45) is 2.41. The van der Waals surface area contributed by atoms with Gasteiger partial charge in [0.05, 0.1) is 24.8 Å². The van der Waals surface area contributed by atoms with Crippen molar-refractivity contribution in [3.05, 3.63) is 29.8 Å². The second-order valence-electron chi connectivity index (χ2n) is 5.00. The predicted molar refractivity (Wildman–Crippen MR) is 73.4 cm³/mol. The first-order valence-corrected chi connectivity index (χ1v) is 6.77. The van der Waals surface area contributed by atoms with E-state index in [0.29, 0.717) is 17.9 Å². The average molecular weight is 263 g/mol. The molecule has 0 spiro atoms. The maximum absolute atomic E-state index is 12.6. The number of ether oxygens (including phenoxy) is 1. The average Bonchev–Trinajstić information content (AvgIpc) is 2.46. The van der Waals surface area contributed by atoms with Gasteiger partial charge in [0.25, 0.3) is 5.91 Å². The lowest BCUT2D eigenvalue weighted by molar-refractivity contribution is 0.0278. The first-order valence-electron chi connectivity index (χ1n) is 6.77. The first-order chi connectivity index (χ1) is 9.15. The van der Waals surface area contributed by atoms with Crippen LogP contribution in [0.4, 0.5) is 0 Å². The summed E-state index contributed by atoms with van der Waals surface area (Å²) in [5.74, 6) is 0.533. The summed E-state index contributed by atoms with van der Waals surface area (Å²) in [6.45, 7) is 2.45. The SMILES string of the molecule is COc1ccccc1C(=O)N1CCCCC1C(C)O. The third-order valence-electron chi connectivity index (χ3n) is 3.70. The molecule has 4 nitrogen and oxygen atoms in total. The number of carbonyl (C=O) groups is 1. The Kier molecular flexibility index (Phi) is 4.43. The van der Waals surface area contributed by atoms with Crippen molar-refractivity contribution in [3.63, 3.8) is 0 Å². The summed E-state index contributed by atoms with van der Waals surface area (Å²) >= 11 is 0. The monoisotopic (exact) mass is 263 g/mol. The molecular weight excluding hydrogens is 242 g/mol. The maximum atomic E-state index is 12.6. The Bertz CT molecular complexity index is 445. The van der Waals surface area contributed by atoms with Gasteiger partial charge in [-0.25, -0.2) is 0 Å². The smallest absolute Gasteiger partial charge is 0.257 e. The quantitative estimate of drug-likeness (QED) is 0.908. The zero-order valence-corrected chi connectivity index (χ0v) is 11.5. The van der Waals surface area contributed by atoms with E-state index < -0.39 is 6.10 Å². The van der Waals surface area contributed by atoms with Crippen LogP contribution in [0, 0.1) is 0 Å². The number of benzene rings is 1. The van der Waals surface area contributed by atoms with Gasteiger partial charge in [0.2, 0.25) is 0 Å². The Morgan fingerprint density at radius 1 is 1.42 bits per heavy atom. The minimum atomic E-state index is -0.501. The Morgan fingerprint density at radius 3 is 2.84 bits per heavy atom. The second kappa shape index (κ2) is 6.06. The van der Waals surface area contributed by atoms with Crippen LogP contribution in [0.1, 0.15) is 36.5 Å². The summed E-state index contributed by atoms with van der Waals surface area (Å²) in [4.78, 5) is 14.4. The molecule has 0 aromatic heterocycles. The van der Waals surface area contributed by atoms with Crippen LogP contribution in [0.2, 0.25) is 0 Å². The second-order valence-corrected chi connectivity index (χ2v) is 5.00. The standard InChI is InChI=1S/C15H21NO3/c1-11(17)13-8-5-6-10-16(13)15(18)12-7-3-4-9-14(12)19-2/h3-4,7,9,11,13,17H,5-6,8,10H2,1-2H3. The highest BCUT2D eigenvalue weighted by atomic mass is 16.5. The normalized spacial score (nSPS) is 21.0. The molecule has 1 fully saturated rings. The number of hydrogen-bond donors (Lipinski definition) is 1. The van der Waals surface area contributed by atoms with Gasteiger partial charge in [-0.2, -0.15) is 0 Å². The van der Waals surface area contributed by atoms with Gasteiger partial charge in [0.1, 0.15) is 5.75 Å². The molecule has 1 aliphatic heterocycles. The molecule has 1 N–H and O–H groups in total. The first kappa shape index (κ1) is 13.9. The zero-order chi connectivity index (χ0) is 13.8. The van der Waals surface area contributed by atoms with E-state index in [1.165, 1.54) is 0 Å². The Labute approximate surface area is 114 Å². The summed E-state index contributed by atoms with van der Waals surface area (Å²) < 4.78 is 5.24. The number of hydrogen-bond acceptors (Lipinski definition) is 3. The Balaban J connectivity index is 2.26. The minimum absolute atomic E-state index is 0.0527. The molecule has 4 heteroatoms. The molecule has 1 saturated heterocycles. The van der Waals surface area contributed by atoms with Crippen LogP contribution in [-0.2, 0) is 0 Å². The van der Waals surface area contributed by atoms with Crippen LogP contribution in [0.25, 0.3) is 0 Å². The highest BCUT2D eigenvalue weighted by Crippen LogP contribution is 2.25. The van der Waals surface area contributed by atoms with Crippen molar-refractivity contribution < 1.29 is 14.6 Å². The number of aliphatic hydroxyl groups excluding tert-OH is 1. The van der Waals surface area contributed by atoms with Crippen molar-refractivity contribution in [1.82, 2.24) is 4.90 Å². The van der Waals surface area contributed by atoms with Crippen LogP contribution in [0.3, 0.4) is 0 Å². The third-order valence-corrected chi connectivity index (χ3v) is 3.70. The van der Waals surface area contributed by atoms with Crippen molar-refractivity contribution in [2.75, 3.05) is 13.7 Å². The molecule has 1 heterocycles. The molecule has 1 aromatic rings. The van der Waals surface area contributed by atoms with E-state index in [0.717, 1.165) is 19.3 Å². The lowest BCUT2D eigenvalue weighted by Crippen LogP contribution is -2.49. The molecule has 0 radical (unpaired) electrons. The van der Waals surface area contributed by atoms with Crippen LogP contribution in [-0.4, -0.2) is 41.7 Å². The molecule has 1 aliphatic rings. The lowest BCUT2D eigenvalue weighted by Gasteiger charge is -2.37. The molecule has 1 aromatic carbocycles. The molecule has 0 aliphatic carbocycles. The van der Waals surface area contributed by atoms with E-state index in [9.17, 15) is 9.90 Å². The molecule has 19 heavy (non-hydrogen) atoms. The highest BCUT2D eigenvalue weighted by molar-refractivity contribution is 5.97. The van der Waals surface area contributed by atoms with Gasteiger partial charge in [0.15, 0.2) is 0 Å². The molecule has 2 atom stereocenters. The summed E-state index contributed by atoms with van der Waals surface area (Å²) in [6, 6.07) is 7.14. The van der Waals surface area contributed by atoms with Crippen LogP contribution in [0.15, 0.2) is 24.3 Å². The number of rotatable bonds is 3. The zero-order valence-electron chi connectivity index (χ0n) is 11.5. The van der Waals surface area contributed by atoms with Gasteiger partial charge in [0, 0.05) is 6.54 Å². The number of nitrogens with zero attached hydrogens (tertiary/aromatic N) is 1. The fraction of sp³-hybridized carbons (Fsp3) is 0.533. The summed E-state index contributed by atoms with van der Waals surface area (Å²) in [5, 5.41) is 9.84. The fourth-order valence-corrected chi connectivity index (χ4v) is 2.69. The predicted octanol–water partition coefficient (Wildman–Crippen LogP) is 2.07. The number of carbonyl (C=O) groups excluding carboxylic acids is 1. The largest absolute Gasteiger partial charge is 0.496 e. The van der Waals surface area contributed by atoms with E-state index in [2.05, 4.69) is 0 Å². The number of amides is 1. The van der Waals surface area contributed by atoms with Crippen molar-refractivity contribution in [3.8, 4) is 5.75 Å². The molecule has 0 saturated carbocycles. The fourth-order valence-electron chi connectivity index (χ4n) is 2.69. The van der Waals surface area contributed by atoms with Gasteiger partial charge in [-0.3, -0.25) is 4.79 Å². The van der Waals surface area contributed by atoms with Crippen LogP contribution >= 0.6 is 0 Å². The maximum Gasteiger partial charge on any atom is 0.257 e. The van der Waals surface area contributed by atoms with E-state index >= 15 is 0 Å². The van der Waals surface area contributed by atoms with Crippen LogP contribution in [0.5, 0.6) is 5.75 Å². The lowest BCUT2D eigenvalue weighted by atomic mass is 9.97. The number of likely N-dealkylation sites (tertiary alicyclic amines) is 1. The number of para-hydroxylation sites is 1. The summed E-state index contributed by atoms with van der Waals surface area (Å²) in [7, 11) is 1.56. The van der Waals surface area contributed by atoms with Gasteiger partial charge >= 0.3 is 0 Å². The van der Waals surface area contributed by atoms with E-state index in [4.69, 9.17) is 4.74 Å². The molecule has 2 rings (SSSR count). The van der Waals surface area contributed by atoms with Crippen molar-refractivity contribution in [2.24, 2.45) is 0 Å². The highest BCUT2D eigenvalue weighted by Gasteiger charge is 2.31. The van der Waals surface area contributed by atoms with Crippen molar-refractivity contribution >= 4 is 5.91 Å². The Morgan fingerprint density at radius 2 is 2.16 bits per heavy atom. The van der Waals surface area contributed by atoms with Gasteiger partial charge in [-0.05, 0) is 38.3 Å². The minimum Gasteiger partial charge on any atom is -0.496 e. The van der Waals surface area contributed by atoms with Gasteiger partial charge in [-0.15, -0.1) is 0 Å². The van der Waals surface area contributed by atoms with Gasteiger partial charge < -0.3 is 14.7 Å². The van der Waals surface area contributed by atoms with E-state index in [-0.39, 0.29) is 11.9 Å².